The summed E-state index contributed by atoms with van der Waals surface area (Å²) in [7, 11) is 0. The van der Waals surface area contributed by atoms with Crippen molar-refractivity contribution in [3.8, 4) is 0 Å². The minimum absolute atomic E-state index is 0.225. The quantitative estimate of drug-likeness (QED) is 0.659. The minimum Gasteiger partial charge on any atom is -0.206 e. The molecule has 1 aromatic carbocycles. The van der Waals surface area contributed by atoms with Gasteiger partial charge in [0.15, 0.2) is 0 Å². The lowest BCUT2D eigenvalue weighted by molar-refractivity contribution is 0.601. The summed E-state index contributed by atoms with van der Waals surface area (Å²) in [6.45, 7) is 3.85. The second kappa shape index (κ2) is 4.15. The molecule has 0 heterocycles. The van der Waals surface area contributed by atoms with E-state index in [1.54, 1.807) is 6.07 Å². The second-order valence-corrected chi connectivity index (χ2v) is 4.09. The Labute approximate surface area is 81.1 Å². The summed E-state index contributed by atoms with van der Waals surface area (Å²) in [6, 6.07) is 3.15. The Bertz CT molecular complexity index is 286. The van der Waals surface area contributed by atoms with Crippen LogP contribution in [0, 0.1) is 12.7 Å². The zero-order valence-electron chi connectivity index (χ0n) is 7.03. The molecule has 0 amide bonds. The van der Waals surface area contributed by atoms with Gasteiger partial charge >= 0.3 is 0 Å². The summed E-state index contributed by atoms with van der Waals surface area (Å²) >= 11 is 7.35. The Morgan fingerprint density at radius 1 is 1.50 bits per heavy atom. The van der Waals surface area contributed by atoms with Crippen LogP contribution in [-0.4, -0.2) is 5.75 Å². The molecule has 0 N–H and O–H groups in total. The third-order valence-electron chi connectivity index (χ3n) is 1.53. The van der Waals surface area contributed by atoms with E-state index < -0.39 is 0 Å². The molecule has 1 aromatic rings. The molecule has 0 aliphatic heterocycles. The summed E-state index contributed by atoms with van der Waals surface area (Å²) in [5.74, 6) is 0.609. The van der Waals surface area contributed by atoms with Crippen molar-refractivity contribution in [3.05, 3.63) is 28.5 Å². The van der Waals surface area contributed by atoms with Gasteiger partial charge < -0.3 is 0 Å². The van der Waals surface area contributed by atoms with Gasteiger partial charge in [-0.05, 0) is 24.3 Å². The van der Waals surface area contributed by atoms with Crippen LogP contribution < -0.4 is 0 Å². The first-order chi connectivity index (χ1) is 5.66. The highest BCUT2D eigenvalue weighted by Gasteiger charge is 2.08. The van der Waals surface area contributed by atoms with E-state index in [-0.39, 0.29) is 5.82 Å². The molecule has 0 nitrogen and oxygen atoms in total. The topological polar surface area (TPSA) is 0 Å². The van der Waals surface area contributed by atoms with Crippen molar-refractivity contribution in [2.45, 2.75) is 18.7 Å². The Hall–Kier alpha value is -0.210. The maximum absolute atomic E-state index is 13.1. The SMILES string of the molecule is CCSc1c(F)ccc(C)c1Cl. The Morgan fingerprint density at radius 3 is 2.75 bits per heavy atom. The molecular weight excluding hydrogens is 195 g/mol. The largest absolute Gasteiger partial charge is 0.206 e. The highest BCUT2D eigenvalue weighted by Crippen LogP contribution is 2.31. The van der Waals surface area contributed by atoms with Crippen molar-refractivity contribution in [2.75, 3.05) is 5.75 Å². The maximum atomic E-state index is 13.1. The Morgan fingerprint density at radius 2 is 2.17 bits per heavy atom. The van der Waals surface area contributed by atoms with Gasteiger partial charge in [-0.3, -0.25) is 0 Å². The lowest BCUT2D eigenvalue weighted by atomic mass is 10.2. The maximum Gasteiger partial charge on any atom is 0.138 e. The Kier molecular flexibility index (Phi) is 3.41. The smallest absolute Gasteiger partial charge is 0.138 e. The fourth-order valence-electron chi connectivity index (χ4n) is 0.908. The number of rotatable bonds is 2. The first-order valence-electron chi connectivity index (χ1n) is 3.74. The normalized spacial score (nSPS) is 10.3. The van der Waals surface area contributed by atoms with Crippen molar-refractivity contribution in [1.82, 2.24) is 0 Å². The van der Waals surface area contributed by atoms with Gasteiger partial charge in [0, 0.05) is 0 Å². The predicted molar refractivity (Wildman–Crippen MR) is 52.5 cm³/mol. The van der Waals surface area contributed by atoms with Crippen LogP contribution in [0.25, 0.3) is 0 Å². The predicted octanol–water partition coefficient (Wildman–Crippen LogP) is 3.90. The monoisotopic (exact) mass is 204 g/mol. The highest BCUT2D eigenvalue weighted by atomic mass is 35.5. The molecule has 0 aliphatic carbocycles. The van der Waals surface area contributed by atoms with Crippen LogP contribution in [0.2, 0.25) is 5.02 Å². The lowest BCUT2D eigenvalue weighted by Crippen LogP contribution is -1.86. The average Bonchev–Trinajstić information content (AvgIpc) is 2.06. The molecule has 66 valence electrons. The second-order valence-electron chi connectivity index (χ2n) is 2.44. The van der Waals surface area contributed by atoms with Crippen molar-refractivity contribution >= 4 is 23.4 Å². The number of hydrogen-bond acceptors (Lipinski definition) is 1. The lowest BCUT2D eigenvalue weighted by Gasteiger charge is -2.05. The number of aryl methyl sites for hydroxylation is 1. The molecule has 0 aliphatic rings. The fourth-order valence-corrected chi connectivity index (χ4v) is 2.01. The summed E-state index contributed by atoms with van der Waals surface area (Å²) in [5, 5.41) is 0.543. The molecule has 0 bridgehead atoms. The molecule has 0 unspecified atom stereocenters. The van der Waals surface area contributed by atoms with E-state index in [1.165, 1.54) is 17.8 Å². The van der Waals surface area contributed by atoms with E-state index in [0.29, 0.717) is 9.92 Å². The average molecular weight is 205 g/mol. The third-order valence-corrected chi connectivity index (χ3v) is 3.11. The first kappa shape index (κ1) is 9.87. The number of thioether (sulfide) groups is 1. The van der Waals surface area contributed by atoms with E-state index in [4.69, 9.17) is 11.6 Å². The van der Waals surface area contributed by atoms with Crippen molar-refractivity contribution in [1.29, 1.82) is 0 Å². The van der Waals surface area contributed by atoms with Gasteiger partial charge in [-0.2, -0.15) is 0 Å². The van der Waals surface area contributed by atoms with Crippen molar-refractivity contribution in [3.63, 3.8) is 0 Å². The van der Waals surface area contributed by atoms with Gasteiger partial charge in [0.2, 0.25) is 0 Å². The minimum atomic E-state index is -0.225. The van der Waals surface area contributed by atoms with Crippen LogP contribution in [-0.2, 0) is 0 Å². The first-order valence-corrected chi connectivity index (χ1v) is 5.10. The van der Waals surface area contributed by atoms with Crippen LogP contribution in [0.4, 0.5) is 4.39 Å². The molecule has 1 rings (SSSR count). The van der Waals surface area contributed by atoms with Crippen LogP contribution in [0.3, 0.4) is 0 Å². The van der Waals surface area contributed by atoms with Crippen molar-refractivity contribution < 1.29 is 4.39 Å². The number of hydrogen-bond donors (Lipinski definition) is 0. The zero-order chi connectivity index (χ0) is 9.14. The molecule has 0 aromatic heterocycles. The molecule has 12 heavy (non-hydrogen) atoms. The van der Waals surface area contributed by atoms with Gasteiger partial charge in [0.1, 0.15) is 5.82 Å². The van der Waals surface area contributed by atoms with E-state index in [9.17, 15) is 4.39 Å². The van der Waals surface area contributed by atoms with Gasteiger partial charge in [0.05, 0.1) is 9.92 Å². The Balaban J connectivity index is 3.14. The summed E-state index contributed by atoms with van der Waals surface area (Å²) in [4.78, 5) is 0.569. The zero-order valence-corrected chi connectivity index (χ0v) is 8.60. The van der Waals surface area contributed by atoms with E-state index in [2.05, 4.69) is 0 Å². The standard InChI is InChI=1S/C9H10ClFS/c1-3-12-9-7(11)5-4-6(2)8(9)10/h4-5H,3H2,1-2H3. The van der Waals surface area contributed by atoms with Crippen LogP contribution >= 0.6 is 23.4 Å². The van der Waals surface area contributed by atoms with E-state index in [0.717, 1.165) is 11.3 Å². The third kappa shape index (κ3) is 1.93. The molecule has 0 fully saturated rings. The number of halogens is 2. The molecule has 0 saturated heterocycles. The molecule has 0 spiro atoms. The number of benzene rings is 1. The van der Waals surface area contributed by atoms with Gasteiger partial charge in [-0.15, -0.1) is 11.8 Å². The van der Waals surface area contributed by atoms with Crippen LogP contribution in [0.15, 0.2) is 17.0 Å². The van der Waals surface area contributed by atoms with Crippen LogP contribution in [0.5, 0.6) is 0 Å². The summed E-state index contributed by atoms with van der Waals surface area (Å²) < 4.78 is 13.1. The van der Waals surface area contributed by atoms with Crippen LogP contribution in [0.1, 0.15) is 12.5 Å². The molecule has 0 saturated carbocycles. The van der Waals surface area contributed by atoms with Gasteiger partial charge in [-0.25, -0.2) is 4.39 Å². The summed E-state index contributed by atoms with van der Waals surface area (Å²) in [6.07, 6.45) is 0. The van der Waals surface area contributed by atoms with Crippen molar-refractivity contribution in [2.24, 2.45) is 0 Å². The molecule has 0 radical (unpaired) electrons. The summed E-state index contributed by atoms with van der Waals surface area (Å²) in [5.41, 5.74) is 0.925. The molecule has 0 atom stereocenters. The highest BCUT2D eigenvalue weighted by molar-refractivity contribution is 7.99. The van der Waals surface area contributed by atoms with Gasteiger partial charge in [0.25, 0.3) is 0 Å². The molecular formula is C9H10ClFS. The van der Waals surface area contributed by atoms with E-state index in [1.807, 2.05) is 13.8 Å². The van der Waals surface area contributed by atoms with Gasteiger partial charge in [-0.1, -0.05) is 24.6 Å². The molecule has 3 heteroatoms. The van der Waals surface area contributed by atoms with E-state index >= 15 is 0 Å². The fraction of sp³-hybridized carbons (Fsp3) is 0.333.